The first-order chi connectivity index (χ1) is 10.6. The van der Waals surface area contributed by atoms with Crippen molar-refractivity contribution in [1.82, 2.24) is 14.8 Å². The van der Waals surface area contributed by atoms with E-state index in [4.69, 9.17) is 5.11 Å². The summed E-state index contributed by atoms with van der Waals surface area (Å²) in [5.41, 5.74) is 3.45. The largest absolute Gasteiger partial charge is 0.477 e. The third kappa shape index (κ3) is 5.13. The smallest absolute Gasteiger partial charge is 0.354 e. The van der Waals surface area contributed by atoms with E-state index in [9.17, 15) is 4.79 Å². The van der Waals surface area contributed by atoms with Crippen molar-refractivity contribution >= 4 is 5.97 Å². The van der Waals surface area contributed by atoms with Gasteiger partial charge in [0.25, 0.3) is 0 Å². The van der Waals surface area contributed by atoms with Crippen molar-refractivity contribution in [3.8, 4) is 5.69 Å². The fourth-order valence-electron chi connectivity index (χ4n) is 1.74. The summed E-state index contributed by atoms with van der Waals surface area (Å²) in [7, 11) is 0. The zero-order valence-corrected chi connectivity index (χ0v) is 15.1. The first-order valence-electron chi connectivity index (χ1n) is 6.72. The van der Waals surface area contributed by atoms with Crippen molar-refractivity contribution < 1.29 is 30.0 Å². The zero-order chi connectivity index (χ0) is 15.9. The van der Waals surface area contributed by atoms with Crippen LogP contribution in [-0.2, 0) is 20.1 Å². The van der Waals surface area contributed by atoms with E-state index in [1.165, 1.54) is 23.5 Å². The number of benzene rings is 1. The maximum atomic E-state index is 10.1. The second kappa shape index (κ2) is 8.98. The molecule has 6 heteroatoms. The van der Waals surface area contributed by atoms with Gasteiger partial charge in [-0.05, 0) is 37.2 Å². The van der Waals surface area contributed by atoms with Crippen LogP contribution in [-0.4, -0.2) is 25.8 Å². The van der Waals surface area contributed by atoms with Gasteiger partial charge >= 0.3 is 5.97 Å². The third-order valence-electron chi connectivity index (χ3n) is 3.06. The molecule has 0 spiro atoms. The van der Waals surface area contributed by atoms with E-state index in [0.29, 0.717) is 0 Å². The molecule has 2 heterocycles. The summed E-state index contributed by atoms with van der Waals surface area (Å²) in [6, 6.07) is 15.7. The van der Waals surface area contributed by atoms with E-state index >= 15 is 0 Å². The number of hydrogen-bond donors (Lipinski definition) is 1. The first-order valence-corrected chi connectivity index (χ1v) is 6.72. The molecule has 3 aromatic rings. The maximum Gasteiger partial charge on any atom is 0.354 e. The molecule has 121 valence electrons. The molecule has 0 atom stereocenters. The fourth-order valence-corrected chi connectivity index (χ4v) is 1.74. The Labute approximate surface area is 148 Å². The number of aryl methyl sites for hydroxylation is 1. The molecule has 5 nitrogen and oxygen atoms in total. The van der Waals surface area contributed by atoms with Crippen LogP contribution in [0, 0.1) is 19.9 Å². The van der Waals surface area contributed by atoms with Gasteiger partial charge in [-0.3, -0.25) is 4.68 Å². The summed E-state index contributed by atoms with van der Waals surface area (Å²) < 4.78 is 1.90. The Balaban J connectivity index is 0.000000235. The van der Waals surface area contributed by atoms with Gasteiger partial charge in [-0.1, -0.05) is 6.07 Å². The molecule has 0 bridgehead atoms. The van der Waals surface area contributed by atoms with Gasteiger partial charge in [-0.2, -0.15) is 29.4 Å². The Morgan fingerprint density at radius 1 is 1.17 bits per heavy atom. The standard InChI is InChI=1S/C11H11N2.C6H5NO2.Ir/c1-9-8-12-13(10(9)2)11-6-4-3-5-7-11;8-6(9)5-3-1-2-4-7-5;/h3-6,8H,1-2H3;1-4H,(H,8,9);/q-1;;. The van der Waals surface area contributed by atoms with Crippen LogP contribution in [0.1, 0.15) is 21.7 Å². The number of carbonyl (C=O) groups is 1. The van der Waals surface area contributed by atoms with E-state index in [-0.39, 0.29) is 25.8 Å². The molecular formula is C17H16IrN3O2-. The van der Waals surface area contributed by atoms with Crippen LogP contribution < -0.4 is 0 Å². The Hall–Kier alpha value is -2.30. The summed E-state index contributed by atoms with van der Waals surface area (Å²) in [5, 5.41) is 12.6. The van der Waals surface area contributed by atoms with Crippen LogP contribution in [0.25, 0.3) is 5.69 Å². The van der Waals surface area contributed by atoms with Crippen LogP contribution in [0.15, 0.2) is 54.9 Å². The number of para-hydroxylation sites is 1. The van der Waals surface area contributed by atoms with Gasteiger partial charge in [0.1, 0.15) is 5.69 Å². The predicted octanol–water partition coefficient (Wildman–Crippen LogP) is 3.07. The number of hydrogen-bond acceptors (Lipinski definition) is 3. The van der Waals surface area contributed by atoms with E-state index < -0.39 is 5.97 Å². The summed E-state index contributed by atoms with van der Waals surface area (Å²) in [6.45, 7) is 4.12. The van der Waals surface area contributed by atoms with Crippen LogP contribution in [0.4, 0.5) is 0 Å². The molecule has 0 aliphatic heterocycles. The van der Waals surface area contributed by atoms with Crippen molar-refractivity contribution in [3.05, 3.63) is 77.9 Å². The van der Waals surface area contributed by atoms with Crippen LogP contribution in [0.2, 0.25) is 0 Å². The quantitative estimate of drug-likeness (QED) is 0.566. The number of pyridine rings is 1. The maximum absolute atomic E-state index is 10.1. The van der Waals surface area contributed by atoms with Crippen molar-refractivity contribution in [1.29, 1.82) is 0 Å². The van der Waals surface area contributed by atoms with Gasteiger partial charge in [0, 0.05) is 32.0 Å². The van der Waals surface area contributed by atoms with E-state index in [1.54, 1.807) is 12.1 Å². The molecule has 0 amide bonds. The fraction of sp³-hybridized carbons (Fsp3) is 0.118. The number of aromatic carboxylic acids is 1. The topological polar surface area (TPSA) is 68.0 Å². The first kappa shape index (κ1) is 18.7. The molecule has 0 saturated heterocycles. The molecule has 23 heavy (non-hydrogen) atoms. The Morgan fingerprint density at radius 3 is 2.35 bits per heavy atom. The average Bonchev–Trinajstić information content (AvgIpc) is 2.89. The molecule has 0 saturated carbocycles. The second-order valence-electron chi connectivity index (χ2n) is 4.59. The molecule has 3 rings (SSSR count). The van der Waals surface area contributed by atoms with Crippen LogP contribution in [0.5, 0.6) is 0 Å². The molecule has 1 aromatic carbocycles. The number of nitrogens with zero attached hydrogens (tertiary/aromatic N) is 3. The third-order valence-corrected chi connectivity index (χ3v) is 3.06. The molecule has 0 unspecified atom stereocenters. The number of aromatic nitrogens is 3. The van der Waals surface area contributed by atoms with E-state index in [2.05, 4.69) is 30.0 Å². The van der Waals surface area contributed by atoms with Crippen molar-refractivity contribution in [2.75, 3.05) is 0 Å². The summed E-state index contributed by atoms with van der Waals surface area (Å²) in [4.78, 5) is 13.7. The number of carboxylic acids is 1. The van der Waals surface area contributed by atoms with E-state index in [1.807, 2.05) is 35.1 Å². The summed E-state index contributed by atoms with van der Waals surface area (Å²) in [6.07, 6.45) is 3.32. The molecule has 1 radical (unpaired) electrons. The minimum Gasteiger partial charge on any atom is -0.477 e. The number of carboxylic acid groups (broad SMARTS) is 1. The van der Waals surface area contributed by atoms with Crippen molar-refractivity contribution in [2.45, 2.75) is 13.8 Å². The van der Waals surface area contributed by atoms with Crippen LogP contribution in [0.3, 0.4) is 0 Å². The predicted molar refractivity (Wildman–Crippen MR) is 83.1 cm³/mol. The van der Waals surface area contributed by atoms with Gasteiger partial charge in [0.05, 0.1) is 6.20 Å². The number of rotatable bonds is 2. The van der Waals surface area contributed by atoms with E-state index in [0.717, 1.165) is 5.69 Å². The van der Waals surface area contributed by atoms with Crippen LogP contribution >= 0.6 is 0 Å². The minimum absolute atomic E-state index is 0. The zero-order valence-electron chi connectivity index (χ0n) is 12.7. The molecule has 2 aromatic heterocycles. The molecule has 0 fully saturated rings. The van der Waals surface area contributed by atoms with Crippen molar-refractivity contribution in [2.24, 2.45) is 0 Å². The Bertz CT molecular complexity index is 743. The molecule has 0 aliphatic rings. The summed E-state index contributed by atoms with van der Waals surface area (Å²) in [5.74, 6) is -0.990. The Kier molecular flexibility index (Phi) is 7.32. The molecule has 1 N–H and O–H groups in total. The Morgan fingerprint density at radius 2 is 1.91 bits per heavy atom. The van der Waals surface area contributed by atoms with Gasteiger partial charge in [0.2, 0.25) is 0 Å². The van der Waals surface area contributed by atoms with Crippen molar-refractivity contribution in [3.63, 3.8) is 0 Å². The molecule has 0 aliphatic carbocycles. The monoisotopic (exact) mass is 487 g/mol. The van der Waals surface area contributed by atoms with Gasteiger partial charge in [0.15, 0.2) is 0 Å². The average molecular weight is 487 g/mol. The van der Waals surface area contributed by atoms with Gasteiger partial charge in [-0.15, -0.1) is 6.07 Å². The van der Waals surface area contributed by atoms with Gasteiger partial charge < -0.3 is 5.11 Å². The summed E-state index contributed by atoms with van der Waals surface area (Å²) >= 11 is 0. The second-order valence-corrected chi connectivity index (χ2v) is 4.59. The van der Waals surface area contributed by atoms with Gasteiger partial charge in [-0.25, -0.2) is 9.78 Å². The SMILES string of the molecule is Cc1cnn(-c2[c-]cccc2)c1C.O=C(O)c1ccccn1.[Ir]. The molecular weight excluding hydrogens is 470 g/mol. The minimum atomic E-state index is -0.990. The normalized spacial score (nSPS) is 9.30.